The molecule has 1 saturated heterocycles. The van der Waals surface area contributed by atoms with E-state index in [9.17, 15) is 9.59 Å². The van der Waals surface area contributed by atoms with Crippen molar-refractivity contribution in [3.8, 4) is 11.5 Å². The van der Waals surface area contributed by atoms with Crippen molar-refractivity contribution in [3.63, 3.8) is 0 Å². The van der Waals surface area contributed by atoms with Crippen LogP contribution in [0, 0.1) is 5.92 Å². The van der Waals surface area contributed by atoms with E-state index in [0.717, 1.165) is 63.8 Å². The molecule has 0 aromatic heterocycles. The average Bonchev–Trinajstić information content (AvgIpc) is 3.12. The molecule has 1 aliphatic heterocycles. The first-order valence-electron chi connectivity index (χ1n) is 34.0. The highest BCUT2D eigenvalue weighted by Crippen LogP contribution is 2.52. The molecule has 1 N–H and O–H groups in total. The Labute approximate surface area is 518 Å². The van der Waals surface area contributed by atoms with Gasteiger partial charge in [0.15, 0.2) is 6.10 Å². The Balaban J connectivity index is 2.04. The maximum atomic E-state index is 15.5. The zero-order valence-corrected chi connectivity index (χ0v) is 56.9. The van der Waals surface area contributed by atoms with Gasteiger partial charge in [-0.25, -0.2) is 4.57 Å². The number of likely N-dealkylation sites (N-methyl/N-ethyl adjacent to an activating group) is 1. The Morgan fingerprint density at radius 2 is 1.05 bits per heavy atom. The predicted molar refractivity (Wildman–Crippen MR) is 349 cm³/mol. The molecule has 14 nitrogen and oxygen atoms in total. The second-order valence-corrected chi connectivity index (χ2v) is 32.7. The lowest BCUT2D eigenvalue weighted by atomic mass is 9.93. The minimum Gasteiger partial charge on any atom is -0.462 e. The van der Waals surface area contributed by atoms with E-state index in [-0.39, 0.29) is 43.8 Å². The Bertz CT molecular complexity index is 1960. The molecule has 0 saturated carbocycles. The van der Waals surface area contributed by atoms with Gasteiger partial charge in [-0.05, 0) is 70.6 Å². The van der Waals surface area contributed by atoms with Crippen molar-refractivity contribution in [3.05, 3.63) is 60.7 Å². The SMILES string of the molecule is CCCCCCCCCCCCC(CCCCCCCCCCCC)C(=O)O[C@H]1[C@H](OP(=O)(Oc2ccccc2)Oc2ccccc2)[C@@H](COC(=O)[C@H](C)N(C)C)OC[C@@H]1NC(=O)C[C@@H](CCCCCCCCCCC)OCOCC[Si](C)(C)C. The van der Waals surface area contributed by atoms with Gasteiger partial charge in [0, 0.05) is 14.7 Å². The molecule has 2 aromatic rings. The van der Waals surface area contributed by atoms with Crippen molar-refractivity contribution < 1.29 is 56.2 Å². The maximum absolute atomic E-state index is 15.5. The number of para-hydroxylation sites is 2. The highest BCUT2D eigenvalue weighted by molar-refractivity contribution is 7.49. The van der Waals surface area contributed by atoms with Gasteiger partial charge in [0.05, 0.1) is 31.1 Å². The summed E-state index contributed by atoms with van der Waals surface area (Å²) < 4.78 is 66.3. The predicted octanol–water partition coefficient (Wildman–Crippen LogP) is 18.2. The highest BCUT2D eigenvalue weighted by atomic mass is 31.2. The number of phosphoric acid groups is 1. The van der Waals surface area contributed by atoms with Gasteiger partial charge in [-0.3, -0.25) is 23.8 Å². The van der Waals surface area contributed by atoms with Crippen LogP contribution >= 0.6 is 7.82 Å². The molecule has 1 fully saturated rings. The third kappa shape index (κ3) is 36.1. The third-order valence-electron chi connectivity index (χ3n) is 16.4. The molecule has 0 aliphatic carbocycles. The molecule has 0 radical (unpaired) electrons. The van der Waals surface area contributed by atoms with Gasteiger partial charge >= 0.3 is 19.8 Å². The van der Waals surface area contributed by atoms with E-state index in [4.69, 9.17) is 37.3 Å². The lowest BCUT2D eigenvalue weighted by Gasteiger charge is -2.42. The van der Waals surface area contributed by atoms with Crippen LogP contribution in [0.5, 0.6) is 11.5 Å². The summed E-state index contributed by atoms with van der Waals surface area (Å²) in [6, 6.07) is 16.5. The number of hydrogen-bond acceptors (Lipinski definition) is 13. The Kier molecular flexibility index (Phi) is 41.8. The summed E-state index contributed by atoms with van der Waals surface area (Å²) in [5.41, 5.74) is 0. The molecule has 85 heavy (non-hydrogen) atoms. The normalized spacial score (nSPS) is 17.2. The van der Waals surface area contributed by atoms with Gasteiger partial charge in [-0.15, -0.1) is 0 Å². The van der Waals surface area contributed by atoms with E-state index in [1.165, 1.54) is 128 Å². The van der Waals surface area contributed by atoms with Crippen LogP contribution in [0.3, 0.4) is 0 Å². The topological polar surface area (TPSA) is 157 Å². The fourth-order valence-electron chi connectivity index (χ4n) is 10.7. The molecule has 16 heteroatoms. The van der Waals surface area contributed by atoms with Crippen LogP contribution in [0.25, 0.3) is 0 Å². The molecular formula is C69H121N2O12PSi. The number of benzene rings is 2. The van der Waals surface area contributed by atoms with E-state index < -0.39 is 70.3 Å². The molecule has 0 bridgehead atoms. The van der Waals surface area contributed by atoms with Crippen molar-refractivity contribution >= 4 is 33.7 Å². The van der Waals surface area contributed by atoms with E-state index in [1.54, 1.807) is 74.4 Å². The summed E-state index contributed by atoms with van der Waals surface area (Å²) in [6.45, 7) is 15.6. The van der Waals surface area contributed by atoms with Gasteiger partial charge < -0.3 is 38.0 Å². The Morgan fingerprint density at radius 3 is 1.48 bits per heavy atom. The first-order chi connectivity index (χ1) is 41.1. The molecule has 1 aliphatic rings. The van der Waals surface area contributed by atoms with E-state index in [1.807, 2.05) is 12.1 Å². The Hall–Kier alpha value is -3.30. The van der Waals surface area contributed by atoms with Crippen molar-refractivity contribution in [2.45, 2.75) is 302 Å². The number of carbonyl (C=O) groups is 3. The van der Waals surface area contributed by atoms with Crippen molar-refractivity contribution in [1.29, 1.82) is 0 Å². The number of hydrogen-bond donors (Lipinski definition) is 1. The zero-order chi connectivity index (χ0) is 61.8. The fraction of sp³-hybridized carbons (Fsp3) is 0.783. The quantitative estimate of drug-likeness (QED) is 0.0220. The molecule has 6 atom stereocenters. The first kappa shape index (κ1) is 75.9. The molecular weight excluding hydrogens is 1110 g/mol. The minimum atomic E-state index is -4.74. The van der Waals surface area contributed by atoms with E-state index in [2.05, 4.69) is 45.7 Å². The van der Waals surface area contributed by atoms with Crippen LogP contribution in [0.2, 0.25) is 25.7 Å². The van der Waals surface area contributed by atoms with Gasteiger partial charge in [0.2, 0.25) is 5.91 Å². The van der Waals surface area contributed by atoms with E-state index >= 15 is 9.36 Å². The summed E-state index contributed by atoms with van der Waals surface area (Å²) in [7, 11) is -2.52. The molecule has 1 amide bonds. The largest absolute Gasteiger partial charge is 0.588 e. The van der Waals surface area contributed by atoms with Gasteiger partial charge in [0.25, 0.3) is 0 Å². The van der Waals surface area contributed by atoms with Gasteiger partial charge in [-0.1, -0.05) is 263 Å². The third-order valence-corrected chi connectivity index (χ3v) is 19.5. The monoisotopic (exact) mass is 1230 g/mol. The number of rotatable bonds is 53. The van der Waals surface area contributed by atoms with Crippen molar-refractivity contribution in [2.24, 2.45) is 5.92 Å². The van der Waals surface area contributed by atoms with Crippen molar-refractivity contribution in [2.75, 3.05) is 40.7 Å². The van der Waals surface area contributed by atoms with Crippen LogP contribution < -0.4 is 14.4 Å². The maximum Gasteiger partial charge on any atom is 0.588 e. The first-order valence-corrected chi connectivity index (χ1v) is 39.2. The molecule has 1 heterocycles. The van der Waals surface area contributed by atoms with Crippen molar-refractivity contribution in [1.82, 2.24) is 10.2 Å². The second-order valence-electron chi connectivity index (χ2n) is 25.6. The lowest BCUT2D eigenvalue weighted by molar-refractivity contribution is -0.196. The van der Waals surface area contributed by atoms with Crippen LogP contribution in [0.1, 0.15) is 240 Å². The number of ether oxygens (including phenoxy) is 5. The fourth-order valence-corrected chi connectivity index (χ4v) is 12.9. The number of unbranched alkanes of at least 4 members (excludes halogenated alkanes) is 26. The molecule has 2 aromatic carbocycles. The summed E-state index contributed by atoms with van der Waals surface area (Å²) in [5.74, 6) is -1.31. The number of amides is 1. The van der Waals surface area contributed by atoms with Gasteiger partial charge in [0.1, 0.15) is 43.1 Å². The molecule has 0 unspecified atom stereocenters. The van der Waals surface area contributed by atoms with E-state index in [0.29, 0.717) is 25.9 Å². The number of phosphoric ester groups is 1. The number of carbonyl (C=O) groups excluding carboxylic acids is 3. The number of nitrogens with one attached hydrogen (secondary N) is 1. The van der Waals surface area contributed by atoms with Crippen LogP contribution in [-0.2, 0) is 47.2 Å². The minimum absolute atomic E-state index is 0.0212. The van der Waals surface area contributed by atoms with Gasteiger partial charge in [-0.2, -0.15) is 0 Å². The molecule has 0 spiro atoms. The zero-order valence-electron chi connectivity index (χ0n) is 55.0. The summed E-state index contributed by atoms with van der Waals surface area (Å²) in [5, 5.41) is 3.19. The van der Waals surface area contributed by atoms with Crippen LogP contribution in [0.4, 0.5) is 0 Å². The number of esters is 2. The standard InChI is InChI=1S/C69H121N2O12PSi/c1-10-13-16-19-22-25-28-30-33-38-45-59(46-39-34-31-29-26-23-20-17-14-11-2)69(74)80-66-63(70-65(72)54-62(79-57-76-52-53-85(7,8)9)51-40-35-32-27-24-21-18-15-12-3)55-77-64(56-78-68(73)58(4)71(5)6)67(66)83-84(75,81-60-47-41-36-42-48-60)82-61-49-43-37-44-50-61/h36-37,41-44,47-50,58-59,62-64,66-67H,10-35,38-40,45-46,51-57H2,1-9H3,(H,70,72)/t58-,62+,63-,64+,66+,67+/m0/s1. The van der Waals surface area contributed by atoms with Crippen LogP contribution in [0.15, 0.2) is 60.7 Å². The lowest BCUT2D eigenvalue weighted by Crippen LogP contribution is -2.62. The number of nitrogens with zero attached hydrogens (tertiary/aromatic N) is 1. The molecule has 3 rings (SSSR count). The smallest absolute Gasteiger partial charge is 0.462 e. The summed E-state index contributed by atoms with van der Waals surface area (Å²) in [6.07, 6.45) is 31.7. The molecule has 488 valence electrons. The second kappa shape index (κ2) is 46.8. The summed E-state index contributed by atoms with van der Waals surface area (Å²) in [4.78, 5) is 45.2. The Morgan fingerprint density at radius 1 is 0.612 bits per heavy atom. The highest BCUT2D eigenvalue weighted by Gasteiger charge is 2.51. The summed E-state index contributed by atoms with van der Waals surface area (Å²) >= 11 is 0. The van der Waals surface area contributed by atoms with Crippen LogP contribution in [-0.4, -0.2) is 108 Å². The average molecular weight is 1230 g/mol.